The van der Waals surface area contributed by atoms with Gasteiger partial charge in [0.25, 0.3) is 0 Å². The van der Waals surface area contributed by atoms with Crippen molar-refractivity contribution in [2.24, 2.45) is 0 Å². The van der Waals surface area contributed by atoms with Gasteiger partial charge in [0, 0.05) is 11.6 Å². The number of benzene rings is 2. The minimum atomic E-state index is -0.532. The fourth-order valence-corrected chi connectivity index (χ4v) is 3.23. The molecule has 0 aliphatic heterocycles. The van der Waals surface area contributed by atoms with Crippen LogP contribution in [-0.2, 0) is 16.1 Å². The molecule has 0 N–H and O–H groups in total. The van der Waals surface area contributed by atoms with Crippen molar-refractivity contribution < 1.29 is 18.7 Å². The first-order valence-electron chi connectivity index (χ1n) is 9.78. The van der Waals surface area contributed by atoms with Gasteiger partial charge < -0.3 is 9.47 Å². The molecule has 2 aromatic carbocycles. The topological polar surface area (TPSA) is 79.1 Å². The molecular weight excluding hydrogens is 435 g/mol. The minimum Gasteiger partial charge on any atom is -0.472 e. The van der Waals surface area contributed by atoms with Crippen molar-refractivity contribution in [3.63, 3.8) is 0 Å². The van der Waals surface area contributed by atoms with Crippen LogP contribution in [0.15, 0.2) is 60.8 Å². The van der Waals surface area contributed by atoms with E-state index in [1.54, 1.807) is 13.1 Å². The van der Waals surface area contributed by atoms with Gasteiger partial charge in [-0.3, -0.25) is 0 Å². The first kappa shape index (κ1) is 21.5. The third-order valence-electron chi connectivity index (χ3n) is 4.49. The van der Waals surface area contributed by atoms with Gasteiger partial charge in [-0.15, -0.1) is 0 Å². The van der Waals surface area contributed by atoms with Gasteiger partial charge in [-0.1, -0.05) is 30.3 Å². The summed E-state index contributed by atoms with van der Waals surface area (Å²) in [6.45, 7) is 2.23. The maximum absolute atomic E-state index is 13.9. The molecule has 0 amide bonds. The molecule has 2 aromatic heterocycles. The van der Waals surface area contributed by atoms with Gasteiger partial charge in [0.05, 0.1) is 18.5 Å². The average Bonchev–Trinajstić information content (AvgIpc) is 3.20. The first-order valence-corrected chi connectivity index (χ1v) is 10.2. The molecule has 162 valence electrons. The van der Waals surface area contributed by atoms with Crippen LogP contribution in [0.1, 0.15) is 18.1 Å². The van der Waals surface area contributed by atoms with E-state index in [0.29, 0.717) is 28.9 Å². The highest BCUT2D eigenvalue weighted by Gasteiger charge is 2.16. The lowest BCUT2D eigenvalue weighted by Crippen LogP contribution is -2.03. The standard InChI is InChI=1S/C23H18ClFN4O3/c1-2-31-20(30)11-8-16-12-17(25)9-10-19(16)29-21-18(13-26-29)22(28-23(24)27-21)32-14-15-6-4-3-5-7-15/h3-13H,2,14H2,1H3/b11-8+. The van der Waals surface area contributed by atoms with Crippen LogP contribution >= 0.6 is 11.6 Å². The van der Waals surface area contributed by atoms with Crippen LogP contribution in [-0.4, -0.2) is 32.3 Å². The molecule has 0 saturated carbocycles. The Hall–Kier alpha value is -3.78. The molecule has 2 heterocycles. The molecule has 4 rings (SSSR count). The molecule has 0 atom stereocenters. The second-order valence-corrected chi connectivity index (χ2v) is 6.99. The van der Waals surface area contributed by atoms with Crippen LogP contribution in [0.5, 0.6) is 5.88 Å². The van der Waals surface area contributed by atoms with E-state index in [1.165, 1.54) is 35.0 Å². The summed E-state index contributed by atoms with van der Waals surface area (Å²) >= 11 is 6.15. The first-order chi connectivity index (χ1) is 15.5. The predicted molar refractivity (Wildman–Crippen MR) is 118 cm³/mol. The van der Waals surface area contributed by atoms with Crippen LogP contribution in [0.4, 0.5) is 4.39 Å². The zero-order valence-electron chi connectivity index (χ0n) is 17.0. The van der Waals surface area contributed by atoms with Crippen LogP contribution in [0.3, 0.4) is 0 Å². The summed E-state index contributed by atoms with van der Waals surface area (Å²) in [4.78, 5) is 20.2. The predicted octanol–water partition coefficient (Wildman–Crippen LogP) is 4.76. The Bertz CT molecular complexity index is 1290. The maximum atomic E-state index is 13.9. The molecule has 9 heteroatoms. The van der Waals surface area contributed by atoms with E-state index >= 15 is 0 Å². The van der Waals surface area contributed by atoms with Crippen molar-refractivity contribution >= 4 is 34.7 Å². The molecule has 0 saturated heterocycles. The van der Waals surface area contributed by atoms with Gasteiger partial charge in [0.15, 0.2) is 5.65 Å². The van der Waals surface area contributed by atoms with Crippen LogP contribution in [0.25, 0.3) is 22.8 Å². The average molecular weight is 453 g/mol. The number of carbonyl (C=O) groups is 1. The van der Waals surface area contributed by atoms with Crippen molar-refractivity contribution in [1.29, 1.82) is 0 Å². The lowest BCUT2D eigenvalue weighted by molar-refractivity contribution is -0.137. The normalized spacial score (nSPS) is 11.2. The largest absolute Gasteiger partial charge is 0.472 e. The fourth-order valence-electron chi connectivity index (χ4n) is 3.07. The van der Waals surface area contributed by atoms with Crippen LogP contribution < -0.4 is 4.74 Å². The Labute approximate surface area is 188 Å². The second kappa shape index (κ2) is 9.57. The zero-order valence-corrected chi connectivity index (χ0v) is 17.8. The molecule has 0 unspecified atom stereocenters. The van der Waals surface area contributed by atoms with Crippen molar-refractivity contribution in [2.75, 3.05) is 6.61 Å². The Kier molecular flexibility index (Phi) is 6.42. The lowest BCUT2D eigenvalue weighted by Gasteiger charge is -2.09. The lowest BCUT2D eigenvalue weighted by atomic mass is 10.1. The minimum absolute atomic E-state index is 0.0203. The van der Waals surface area contributed by atoms with E-state index in [2.05, 4.69) is 15.1 Å². The SMILES string of the molecule is CCOC(=O)/C=C/c1cc(F)ccc1-n1ncc2c(OCc3ccccc3)nc(Cl)nc21. The van der Waals surface area contributed by atoms with Gasteiger partial charge in [0.2, 0.25) is 11.2 Å². The van der Waals surface area contributed by atoms with E-state index in [-0.39, 0.29) is 17.8 Å². The Balaban J connectivity index is 1.73. The van der Waals surface area contributed by atoms with E-state index in [9.17, 15) is 9.18 Å². The van der Waals surface area contributed by atoms with Crippen molar-refractivity contribution in [1.82, 2.24) is 19.7 Å². The molecule has 0 radical (unpaired) electrons. The summed E-state index contributed by atoms with van der Waals surface area (Å²) in [5.74, 6) is -0.718. The molecular formula is C23H18ClFN4O3. The molecule has 0 aliphatic rings. The Morgan fingerprint density at radius 3 is 2.78 bits per heavy atom. The van der Waals surface area contributed by atoms with Crippen molar-refractivity contribution in [3.05, 3.63) is 83.0 Å². The highest BCUT2D eigenvalue weighted by Crippen LogP contribution is 2.28. The number of rotatable bonds is 7. The number of esters is 1. The number of fused-ring (bicyclic) bond motifs is 1. The number of hydrogen-bond acceptors (Lipinski definition) is 6. The number of hydrogen-bond donors (Lipinski definition) is 0. The molecule has 0 aliphatic carbocycles. The second-order valence-electron chi connectivity index (χ2n) is 6.65. The van der Waals surface area contributed by atoms with Crippen LogP contribution in [0.2, 0.25) is 5.28 Å². The van der Waals surface area contributed by atoms with E-state index in [4.69, 9.17) is 21.1 Å². The molecule has 0 bridgehead atoms. The van der Waals surface area contributed by atoms with E-state index in [1.807, 2.05) is 30.3 Å². The molecule has 32 heavy (non-hydrogen) atoms. The summed E-state index contributed by atoms with van der Waals surface area (Å²) in [6, 6.07) is 13.7. The molecule has 7 nitrogen and oxygen atoms in total. The van der Waals surface area contributed by atoms with Crippen molar-refractivity contribution in [2.45, 2.75) is 13.5 Å². The van der Waals surface area contributed by atoms with Gasteiger partial charge in [0.1, 0.15) is 17.8 Å². The van der Waals surface area contributed by atoms with Gasteiger partial charge in [-0.25, -0.2) is 13.9 Å². The zero-order chi connectivity index (χ0) is 22.5. The molecule has 0 fully saturated rings. The quantitative estimate of drug-likeness (QED) is 0.228. The van der Waals surface area contributed by atoms with Gasteiger partial charge >= 0.3 is 5.97 Å². The maximum Gasteiger partial charge on any atom is 0.330 e. The molecule has 0 spiro atoms. The summed E-state index contributed by atoms with van der Waals surface area (Å²) in [7, 11) is 0. The van der Waals surface area contributed by atoms with Crippen LogP contribution in [0, 0.1) is 5.82 Å². The monoisotopic (exact) mass is 452 g/mol. The number of halogens is 2. The number of ether oxygens (including phenoxy) is 2. The van der Waals surface area contributed by atoms with E-state index < -0.39 is 11.8 Å². The van der Waals surface area contributed by atoms with Crippen molar-refractivity contribution in [3.8, 4) is 11.6 Å². The highest BCUT2D eigenvalue weighted by molar-refractivity contribution is 6.28. The number of carbonyl (C=O) groups excluding carboxylic acids is 1. The molecule has 4 aromatic rings. The third kappa shape index (κ3) is 4.76. The smallest absolute Gasteiger partial charge is 0.330 e. The number of aromatic nitrogens is 4. The summed E-state index contributed by atoms with van der Waals surface area (Å²) in [6.07, 6.45) is 4.23. The highest BCUT2D eigenvalue weighted by atomic mass is 35.5. The fraction of sp³-hybridized carbons (Fsp3) is 0.130. The Morgan fingerprint density at radius 1 is 1.19 bits per heavy atom. The van der Waals surface area contributed by atoms with Gasteiger partial charge in [-0.05, 0) is 48.4 Å². The Morgan fingerprint density at radius 2 is 2.00 bits per heavy atom. The summed E-state index contributed by atoms with van der Waals surface area (Å²) in [5, 5.41) is 4.90. The van der Waals surface area contributed by atoms with E-state index in [0.717, 1.165) is 5.56 Å². The van der Waals surface area contributed by atoms with Gasteiger partial charge in [-0.2, -0.15) is 15.1 Å². The third-order valence-corrected chi connectivity index (χ3v) is 4.66. The summed E-state index contributed by atoms with van der Waals surface area (Å²) < 4.78 is 26.2. The summed E-state index contributed by atoms with van der Waals surface area (Å²) in [5.41, 5.74) is 2.24. The number of nitrogens with zero attached hydrogens (tertiary/aromatic N) is 4.